The highest BCUT2D eigenvalue weighted by Gasteiger charge is 2.14. The van der Waals surface area contributed by atoms with E-state index < -0.39 is 0 Å². The number of hydrogen-bond donors (Lipinski definition) is 0. The Kier molecular flexibility index (Phi) is 3.57. The maximum Gasteiger partial charge on any atom is 0.161 e. The molecule has 3 nitrogen and oxygen atoms in total. The molecule has 0 N–H and O–H groups in total. The van der Waals surface area contributed by atoms with E-state index in [2.05, 4.69) is 33.0 Å². The summed E-state index contributed by atoms with van der Waals surface area (Å²) in [6.45, 7) is 0. The van der Waals surface area contributed by atoms with Crippen LogP contribution in [0.1, 0.15) is 0 Å². The minimum Gasteiger partial charge on any atom is -0.455 e. The van der Waals surface area contributed by atoms with Gasteiger partial charge in [0, 0.05) is 21.9 Å². The topological polar surface area (TPSA) is 38.9 Å². The van der Waals surface area contributed by atoms with E-state index in [9.17, 15) is 0 Å². The SMILES string of the molecule is Brc1cc(-c2cccc3c2oc2ccccc23)nc(-c2ccccc2)n1. The molecule has 124 valence electrons. The van der Waals surface area contributed by atoms with Crippen molar-refractivity contribution < 1.29 is 4.42 Å². The Morgan fingerprint density at radius 3 is 2.38 bits per heavy atom. The monoisotopic (exact) mass is 400 g/mol. The van der Waals surface area contributed by atoms with Crippen LogP contribution in [0.4, 0.5) is 0 Å². The lowest BCUT2D eigenvalue weighted by molar-refractivity contribution is 0.670. The van der Waals surface area contributed by atoms with Crippen LogP contribution >= 0.6 is 15.9 Å². The number of aromatic nitrogens is 2. The lowest BCUT2D eigenvalue weighted by Gasteiger charge is -2.06. The van der Waals surface area contributed by atoms with Crippen LogP contribution in [-0.2, 0) is 0 Å². The van der Waals surface area contributed by atoms with E-state index in [4.69, 9.17) is 9.40 Å². The van der Waals surface area contributed by atoms with Crippen LogP contribution in [0.3, 0.4) is 0 Å². The van der Waals surface area contributed by atoms with E-state index in [0.29, 0.717) is 5.82 Å². The van der Waals surface area contributed by atoms with Gasteiger partial charge >= 0.3 is 0 Å². The smallest absolute Gasteiger partial charge is 0.161 e. The fraction of sp³-hybridized carbons (Fsp3) is 0. The van der Waals surface area contributed by atoms with Crippen molar-refractivity contribution in [3.63, 3.8) is 0 Å². The molecule has 0 radical (unpaired) electrons. The van der Waals surface area contributed by atoms with Crippen molar-refractivity contribution in [1.29, 1.82) is 0 Å². The highest BCUT2D eigenvalue weighted by molar-refractivity contribution is 9.10. The zero-order valence-corrected chi connectivity index (χ0v) is 15.3. The molecule has 0 atom stereocenters. The van der Waals surface area contributed by atoms with E-state index in [1.54, 1.807) is 0 Å². The van der Waals surface area contributed by atoms with Crippen molar-refractivity contribution in [2.45, 2.75) is 0 Å². The number of benzene rings is 3. The predicted octanol–water partition coefficient (Wildman–Crippen LogP) is 6.47. The average Bonchev–Trinajstić information content (AvgIpc) is 3.07. The second-order valence-corrected chi connectivity index (χ2v) is 6.86. The van der Waals surface area contributed by atoms with Crippen LogP contribution in [0.25, 0.3) is 44.6 Å². The molecule has 0 aliphatic rings. The summed E-state index contributed by atoms with van der Waals surface area (Å²) in [5, 5.41) is 2.20. The van der Waals surface area contributed by atoms with Gasteiger partial charge in [-0.15, -0.1) is 0 Å². The number of para-hydroxylation sites is 2. The normalized spacial score (nSPS) is 11.3. The van der Waals surface area contributed by atoms with E-state index in [1.807, 2.05) is 66.7 Å². The second kappa shape index (κ2) is 6.07. The van der Waals surface area contributed by atoms with Crippen molar-refractivity contribution in [3.05, 3.63) is 83.5 Å². The maximum atomic E-state index is 6.15. The Morgan fingerprint density at radius 2 is 1.50 bits per heavy atom. The predicted molar refractivity (Wildman–Crippen MR) is 108 cm³/mol. The molecule has 26 heavy (non-hydrogen) atoms. The van der Waals surface area contributed by atoms with Gasteiger partial charge in [-0.1, -0.05) is 60.7 Å². The van der Waals surface area contributed by atoms with Gasteiger partial charge in [0.2, 0.25) is 0 Å². The van der Waals surface area contributed by atoms with Crippen LogP contribution in [-0.4, -0.2) is 9.97 Å². The summed E-state index contributed by atoms with van der Waals surface area (Å²) >= 11 is 3.52. The Hall–Kier alpha value is -2.98. The van der Waals surface area contributed by atoms with Crippen molar-refractivity contribution in [2.75, 3.05) is 0 Å². The molecule has 2 aromatic heterocycles. The molecule has 0 saturated heterocycles. The quantitative estimate of drug-likeness (QED) is 0.318. The molecular formula is C22H13BrN2O. The van der Waals surface area contributed by atoms with Gasteiger partial charge in [0.15, 0.2) is 5.82 Å². The molecule has 0 unspecified atom stereocenters. The molecule has 5 aromatic rings. The van der Waals surface area contributed by atoms with Crippen LogP contribution in [0, 0.1) is 0 Å². The summed E-state index contributed by atoms with van der Waals surface area (Å²) in [4.78, 5) is 9.32. The molecule has 0 aliphatic heterocycles. The summed E-state index contributed by atoms with van der Waals surface area (Å²) in [6.07, 6.45) is 0. The third kappa shape index (κ3) is 2.50. The van der Waals surface area contributed by atoms with Crippen molar-refractivity contribution in [3.8, 4) is 22.6 Å². The minimum absolute atomic E-state index is 0.683. The fourth-order valence-electron chi connectivity index (χ4n) is 3.22. The van der Waals surface area contributed by atoms with E-state index >= 15 is 0 Å². The molecule has 4 heteroatoms. The molecule has 0 aliphatic carbocycles. The molecule has 0 spiro atoms. The Balaban J connectivity index is 1.77. The van der Waals surface area contributed by atoms with Crippen LogP contribution in [0.5, 0.6) is 0 Å². The highest BCUT2D eigenvalue weighted by atomic mass is 79.9. The highest BCUT2D eigenvalue weighted by Crippen LogP contribution is 2.36. The first-order chi connectivity index (χ1) is 12.8. The van der Waals surface area contributed by atoms with E-state index in [-0.39, 0.29) is 0 Å². The lowest BCUT2D eigenvalue weighted by atomic mass is 10.1. The van der Waals surface area contributed by atoms with Gasteiger partial charge in [0.1, 0.15) is 15.8 Å². The van der Waals surface area contributed by atoms with E-state index in [0.717, 1.165) is 43.4 Å². The van der Waals surface area contributed by atoms with Gasteiger partial charge in [-0.2, -0.15) is 0 Å². The summed E-state index contributed by atoms with van der Waals surface area (Å²) in [6, 6.07) is 26.1. The summed E-state index contributed by atoms with van der Waals surface area (Å²) in [5.41, 5.74) is 4.49. The van der Waals surface area contributed by atoms with Gasteiger partial charge in [-0.3, -0.25) is 0 Å². The number of halogens is 1. The Labute approximate surface area is 158 Å². The minimum atomic E-state index is 0.683. The zero-order chi connectivity index (χ0) is 17.5. The molecule has 3 aromatic carbocycles. The number of fused-ring (bicyclic) bond motifs is 3. The Morgan fingerprint density at radius 1 is 0.731 bits per heavy atom. The standard InChI is InChI=1S/C22H13BrN2O/c23-20-13-18(24-22(25-20)14-7-2-1-3-8-14)17-11-6-10-16-15-9-4-5-12-19(15)26-21(16)17/h1-13H. The fourth-order valence-corrected chi connectivity index (χ4v) is 3.61. The number of furan rings is 1. The maximum absolute atomic E-state index is 6.15. The molecular weight excluding hydrogens is 388 g/mol. The first kappa shape index (κ1) is 15.3. The first-order valence-electron chi connectivity index (χ1n) is 8.30. The van der Waals surface area contributed by atoms with Crippen molar-refractivity contribution >= 4 is 37.9 Å². The molecule has 0 fully saturated rings. The van der Waals surface area contributed by atoms with Crippen molar-refractivity contribution in [1.82, 2.24) is 9.97 Å². The zero-order valence-electron chi connectivity index (χ0n) is 13.7. The largest absolute Gasteiger partial charge is 0.455 e. The Bertz CT molecular complexity index is 1250. The third-order valence-electron chi connectivity index (χ3n) is 4.41. The van der Waals surface area contributed by atoms with Crippen LogP contribution in [0.15, 0.2) is 87.9 Å². The summed E-state index contributed by atoms with van der Waals surface area (Å²) < 4.78 is 6.89. The molecule has 0 saturated carbocycles. The molecule has 0 bridgehead atoms. The van der Waals surface area contributed by atoms with Crippen LogP contribution < -0.4 is 0 Å². The van der Waals surface area contributed by atoms with Gasteiger partial charge in [0.05, 0.1) is 5.69 Å². The van der Waals surface area contributed by atoms with Crippen molar-refractivity contribution in [2.24, 2.45) is 0 Å². The lowest BCUT2D eigenvalue weighted by Crippen LogP contribution is -1.93. The third-order valence-corrected chi connectivity index (χ3v) is 4.81. The molecule has 5 rings (SSSR count). The second-order valence-electron chi connectivity index (χ2n) is 6.05. The summed E-state index contributed by atoms with van der Waals surface area (Å²) in [5.74, 6) is 0.683. The van der Waals surface area contributed by atoms with Crippen LogP contribution in [0.2, 0.25) is 0 Å². The molecule has 2 heterocycles. The van der Waals surface area contributed by atoms with Gasteiger partial charge < -0.3 is 4.42 Å². The molecule has 0 amide bonds. The van der Waals surface area contributed by atoms with E-state index in [1.165, 1.54) is 0 Å². The van der Waals surface area contributed by atoms with Gasteiger partial charge in [-0.25, -0.2) is 9.97 Å². The number of nitrogens with zero attached hydrogens (tertiary/aromatic N) is 2. The average molecular weight is 401 g/mol. The van der Waals surface area contributed by atoms with Gasteiger partial charge in [-0.05, 0) is 34.1 Å². The first-order valence-corrected chi connectivity index (χ1v) is 9.09. The number of hydrogen-bond acceptors (Lipinski definition) is 3. The number of rotatable bonds is 2. The van der Waals surface area contributed by atoms with Gasteiger partial charge in [0.25, 0.3) is 0 Å². The summed E-state index contributed by atoms with van der Waals surface area (Å²) in [7, 11) is 0.